The summed E-state index contributed by atoms with van der Waals surface area (Å²) in [5.41, 5.74) is 8.02. The van der Waals surface area contributed by atoms with Crippen LogP contribution in [0.4, 0.5) is 0 Å². The van der Waals surface area contributed by atoms with Crippen molar-refractivity contribution >= 4 is 12.2 Å². The molecule has 3 aromatic carbocycles. The Balaban J connectivity index is 1.36. The smallest absolute Gasteiger partial charge is 0.0184 e. The first-order valence-electron chi connectivity index (χ1n) is 16.4. The summed E-state index contributed by atoms with van der Waals surface area (Å²) in [6, 6.07) is 27.3. The first-order chi connectivity index (χ1) is 19.8. The molecule has 0 heterocycles. The van der Waals surface area contributed by atoms with Gasteiger partial charge in [-0.1, -0.05) is 175 Å². The van der Waals surface area contributed by atoms with Gasteiger partial charge in [-0.3, -0.25) is 0 Å². The van der Waals surface area contributed by atoms with E-state index in [2.05, 4.69) is 111 Å². The molecule has 0 unspecified atom stereocenters. The average molecular weight is 535 g/mol. The van der Waals surface area contributed by atoms with Crippen LogP contribution < -0.4 is 0 Å². The summed E-state index contributed by atoms with van der Waals surface area (Å²) in [6.45, 7) is 4.56. The Kier molecular flexibility index (Phi) is 15.9. The van der Waals surface area contributed by atoms with Crippen molar-refractivity contribution in [1.82, 2.24) is 0 Å². The summed E-state index contributed by atoms with van der Waals surface area (Å²) in [7, 11) is 0. The Morgan fingerprint density at radius 3 is 1.20 bits per heavy atom. The molecule has 3 aromatic rings. The van der Waals surface area contributed by atoms with Crippen LogP contribution >= 0.6 is 0 Å². The average Bonchev–Trinajstić information content (AvgIpc) is 3.00. The quantitative estimate of drug-likeness (QED) is 0.126. The summed E-state index contributed by atoms with van der Waals surface area (Å²) in [4.78, 5) is 0. The second kappa shape index (κ2) is 20.1. The van der Waals surface area contributed by atoms with Crippen LogP contribution in [0.3, 0.4) is 0 Å². The number of hydrogen-bond donors (Lipinski definition) is 0. The van der Waals surface area contributed by atoms with Crippen LogP contribution in [-0.4, -0.2) is 0 Å². The van der Waals surface area contributed by atoms with Crippen molar-refractivity contribution in [2.45, 2.75) is 117 Å². The molecule has 0 saturated carbocycles. The molecule has 0 spiro atoms. The van der Waals surface area contributed by atoms with Gasteiger partial charge in [-0.05, 0) is 71.9 Å². The summed E-state index contributed by atoms with van der Waals surface area (Å²) in [6.07, 6.45) is 30.2. The number of unbranched alkanes of at least 4 members (excludes halogenated alkanes) is 12. The lowest BCUT2D eigenvalue weighted by molar-refractivity contribution is 0.611. The fourth-order valence-electron chi connectivity index (χ4n) is 5.26. The predicted octanol–water partition coefficient (Wildman–Crippen LogP) is 12.7. The van der Waals surface area contributed by atoms with Crippen molar-refractivity contribution in [2.75, 3.05) is 0 Å². The fraction of sp³-hybridized carbons (Fsp3) is 0.450. The number of allylic oxidation sites excluding steroid dienone is 2. The molecular formula is C40H54. The number of rotatable bonds is 20. The third-order valence-electron chi connectivity index (χ3n) is 7.95. The van der Waals surface area contributed by atoms with Crippen LogP contribution in [0.2, 0.25) is 0 Å². The molecule has 0 heteroatoms. The minimum absolute atomic E-state index is 1.08. The molecule has 0 bridgehead atoms. The molecule has 0 N–H and O–H groups in total. The van der Waals surface area contributed by atoms with E-state index in [1.807, 2.05) is 0 Å². The Hall–Kier alpha value is -2.86. The highest BCUT2D eigenvalue weighted by atomic mass is 14.1. The first kappa shape index (κ1) is 31.7. The largest absolute Gasteiger partial charge is 0.0839 e. The second-order valence-corrected chi connectivity index (χ2v) is 11.5. The molecule has 0 radical (unpaired) electrons. The van der Waals surface area contributed by atoms with Gasteiger partial charge in [0.25, 0.3) is 0 Å². The molecule has 0 aliphatic heterocycles. The van der Waals surface area contributed by atoms with Crippen LogP contribution in [-0.2, 0) is 12.8 Å². The van der Waals surface area contributed by atoms with Crippen molar-refractivity contribution in [3.8, 4) is 11.1 Å². The molecule has 0 fully saturated rings. The molecule has 0 amide bonds. The minimum Gasteiger partial charge on any atom is -0.0839 e. The standard InChI is InChI=1S/C40H54/c1-3-5-7-9-11-13-15-17-19-35-21-23-37(24-22-35)25-26-38-29-33-40(34-30-38)39-31-27-36(28-32-39)20-18-16-14-12-10-8-6-4-2/h17-24,27-34H,3-16,25-26H2,1-2H3/b19-17+,20-18+. The second-order valence-electron chi connectivity index (χ2n) is 11.5. The minimum atomic E-state index is 1.08. The highest BCUT2D eigenvalue weighted by Gasteiger charge is 2.01. The van der Waals surface area contributed by atoms with Gasteiger partial charge in [-0.2, -0.15) is 0 Å². The third-order valence-corrected chi connectivity index (χ3v) is 7.95. The number of aryl methyl sites for hydroxylation is 2. The molecule has 0 aliphatic rings. The maximum atomic E-state index is 2.35. The Labute approximate surface area is 246 Å². The van der Waals surface area contributed by atoms with Crippen LogP contribution in [0.1, 0.15) is 126 Å². The molecule has 214 valence electrons. The van der Waals surface area contributed by atoms with Gasteiger partial charge in [0, 0.05) is 0 Å². The van der Waals surface area contributed by atoms with Crippen LogP contribution in [0.15, 0.2) is 84.9 Å². The van der Waals surface area contributed by atoms with E-state index in [-0.39, 0.29) is 0 Å². The summed E-state index contributed by atoms with van der Waals surface area (Å²) < 4.78 is 0. The lowest BCUT2D eigenvalue weighted by Gasteiger charge is -2.06. The highest BCUT2D eigenvalue weighted by molar-refractivity contribution is 5.66. The van der Waals surface area contributed by atoms with Gasteiger partial charge in [-0.15, -0.1) is 0 Å². The van der Waals surface area contributed by atoms with Crippen LogP contribution in [0, 0.1) is 0 Å². The molecule has 3 rings (SSSR count). The van der Waals surface area contributed by atoms with Crippen molar-refractivity contribution in [2.24, 2.45) is 0 Å². The van der Waals surface area contributed by atoms with E-state index >= 15 is 0 Å². The van der Waals surface area contributed by atoms with Gasteiger partial charge < -0.3 is 0 Å². The van der Waals surface area contributed by atoms with E-state index in [0.29, 0.717) is 0 Å². The van der Waals surface area contributed by atoms with Gasteiger partial charge in [-0.25, -0.2) is 0 Å². The number of hydrogen-bond acceptors (Lipinski definition) is 0. The zero-order valence-corrected chi connectivity index (χ0v) is 25.6. The van der Waals surface area contributed by atoms with Gasteiger partial charge in [0.2, 0.25) is 0 Å². The van der Waals surface area contributed by atoms with Crippen LogP contribution in [0.25, 0.3) is 23.3 Å². The topological polar surface area (TPSA) is 0 Å². The molecular weight excluding hydrogens is 480 g/mol. The molecule has 0 atom stereocenters. The maximum absolute atomic E-state index is 2.35. The predicted molar refractivity (Wildman–Crippen MR) is 180 cm³/mol. The van der Waals surface area contributed by atoms with E-state index < -0.39 is 0 Å². The van der Waals surface area contributed by atoms with Crippen molar-refractivity contribution in [3.05, 3.63) is 107 Å². The van der Waals surface area contributed by atoms with Crippen LogP contribution in [0.5, 0.6) is 0 Å². The summed E-state index contributed by atoms with van der Waals surface area (Å²) >= 11 is 0. The van der Waals surface area contributed by atoms with Crippen molar-refractivity contribution in [3.63, 3.8) is 0 Å². The summed E-state index contributed by atoms with van der Waals surface area (Å²) in [5, 5.41) is 0. The molecule has 0 aliphatic carbocycles. The Morgan fingerprint density at radius 1 is 0.400 bits per heavy atom. The first-order valence-corrected chi connectivity index (χ1v) is 16.4. The van der Waals surface area contributed by atoms with Gasteiger partial charge in [0.15, 0.2) is 0 Å². The van der Waals surface area contributed by atoms with Gasteiger partial charge in [0.05, 0.1) is 0 Å². The van der Waals surface area contributed by atoms with E-state index in [1.165, 1.54) is 123 Å². The maximum Gasteiger partial charge on any atom is -0.0184 e. The van der Waals surface area contributed by atoms with Gasteiger partial charge >= 0.3 is 0 Å². The SMILES string of the molecule is CCCCCCCC/C=C/c1ccc(CCc2ccc(-c3ccc(/C=C/CCCCCCCC)cc3)cc2)cc1. The summed E-state index contributed by atoms with van der Waals surface area (Å²) in [5.74, 6) is 0. The normalized spacial score (nSPS) is 11.7. The van der Waals surface area contributed by atoms with E-state index in [4.69, 9.17) is 0 Å². The van der Waals surface area contributed by atoms with Crippen molar-refractivity contribution < 1.29 is 0 Å². The number of benzene rings is 3. The highest BCUT2D eigenvalue weighted by Crippen LogP contribution is 2.22. The fourth-order valence-corrected chi connectivity index (χ4v) is 5.26. The van der Waals surface area contributed by atoms with E-state index in [9.17, 15) is 0 Å². The van der Waals surface area contributed by atoms with Crippen molar-refractivity contribution in [1.29, 1.82) is 0 Å². The van der Waals surface area contributed by atoms with Gasteiger partial charge in [0.1, 0.15) is 0 Å². The lowest BCUT2D eigenvalue weighted by atomic mass is 9.99. The monoisotopic (exact) mass is 534 g/mol. The lowest BCUT2D eigenvalue weighted by Crippen LogP contribution is -1.91. The Bertz CT molecular complexity index is 1080. The Morgan fingerprint density at radius 2 is 0.750 bits per heavy atom. The molecule has 0 saturated heterocycles. The molecule has 40 heavy (non-hydrogen) atoms. The molecule has 0 aromatic heterocycles. The molecule has 0 nitrogen and oxygen atoms in total. The van der Waals surface area contributed by atoms with E-state index in [1.54, 1.807) is 0 Å². The third kappa shape index (κ3) is 13.0. The zero-order chi connectivity index (χ0) is 28.1. The van der Waals surface area contributed by atoms with E-state index in [0.717, 1.165) is 12.8 Å². The zero-order valence-electron chi connectivity index (χ0n) is 25.6.